The van der Waals surface area contributed by atoms with Gasteiger partial charge in [-0.1, -0.05) is 34.1 Å². The van der Waals surface area contributed by atoms with Crippen molar-refractivity contribution in [3.63, 3.8) is 0 Å². The van der Waals surface area contributed by atoms with Gasteiger partial charge >= 0.3 is 0 Å². The van der Waals surface area contributed by atoms with Crippen molar-refractivity contribution < 1.29 is 0 Å². The van der Waals surface area contributed by atoms with Crippen LogP contribution in [0, 0.1) is 0 Å². The molecule has 100 valence electrons. The molecule has 0 aliphatic rings. The lowest BCUT2D eigenvalue weighted by molar-refractivity contribution is 0.318. The van der Waals surface area contributed by atoms with E-state index >= 15 is 0 Å². The van der Waals surface area contributed by atoms with Gasteiger partial charge in [-0.2, -0.15) is 0 Å². The zero-order chi connectivity index (χ0) is 13.7. The number of nitrogens with one attached hydrogen (secondary N) is 1. The number of hydrogen-bond donors (Lipinski definition) is 1. The van der Waals surface area contributed by atoms with Crippen molar-refractivity contribution in [2.45, 2.75) is 13.1 Å². The first-order valence-corrected chi connectivity index (χ1v) is 7.03. The first-order chi connectivity index (χ1) is 9.19. The molecule has 0 aliphatic heterocycles. The summed E-state index contributed by atoms with van der Waals surface area (Å²) in [5.41, 5.74) is 2.56. The highest BCUT2D eigenvalue weighted by molar-refractivity contribution is 9.10. The second kappa shape index (κ2) is 6.68. The summed E-state index contributed by atoms with van der Waals surface area (Å²) >= 11 is 3.59. The van der Waals surface area contributed by atoms with E-state index in [1.807, 2.05) is 19.3 Å². The van der Waals surface area contributed by atoms with Gasteiger partial charge in [-0.05, 0) is 36.4 Å². The van der Waals surface area contributed by atoms with Crippen LogP contribution >= 0.6 is 15.9 Å². The van der Waals surface area contributed by atoms with E-state index in [0.717, 1.165) is 23.4 Å². The highest BCUT2D eigenvalue weighted by Crippen LogP contribution is 2.18. The molecule has 1 N–H and O–H groups in total. The molecule has 0 spiro atoms. The number of aromatic nitrogens is 1. The predicted molar refractivity (Wildman–Crippen MR) is 83.1 cm³/mol. The van der Waals surface area contributed by atoms with Gasteiger partial charge in [-0.15, -0.1) is 0 Å². The lowest BCUT2D eigenvalue weighted by Crippen LogP contribution is -2.17. The maximum absolute atomic E-state index is 4.23. The third-order valence-electron chi connectivity index (χ3n) is 2.93. The van der Waals surface area contributed by atoms with Crippen LogP contribution in [0.2, 0.25) is 0 Å². The van der Waals surface area contributed by atoms with Gasteiger partial charge in [0.05, 0.1) is 0 Å². The van der Waals surface area contributed by atoms with Crippen LogP contribution in [0.15, 0.2) is 47.1 Å². The van der Waals surface area contributed by atoms with Crippen molar-refractivity contribution in [2.24, 2.45) is 0 Å². The van der Waals surface area contributed by atoms with Crippen LogP contribution in [0.1, 0.15) is 11.1 Å². The number of rotatable bonds is 5. The molecule has 4 heteroatoms. The summed E-state index contributed by atoms with van der Waals surface area (Å²) in [6.07, 6.45) is 1.84. The first kappa shape index (κ1) is 14.0. The zero-order valence-electron chi connectivity index (χ0n) is 11.2. The third kappa shape index (κ3) is 4.04. The lowest BCUT2D eigenvalue weighted by atomic mass is 10.2. The summed E-state index contributed by atoms with van der Waals surface area (Å²) in [5, 5.41) is 3.06. The summed E-state index contributed by atoms with van der Waals surface area (Å²) < 4.78 is 1.16. The summed E-state index contributed by atoms with van der Waals surface area (Å²) in [4.78, 5) is 6.51. The number of halogens is 1. The van der Waals surface area contributed by atoms with E-state index in [1.54, 1.807) is 0 Å². The molecular weight excluding hydrogens is 302 g/mol. The molecular formula is C15H18BrN3. The van der Waals surface area contributed by atoms with E-state index in [9.17, 15) is 0 Å². The number of hydrogen-bond acceptors (Lipinski definition) is 3. The molecule has 1 aromatic carbocycles. The molecule has 0 atom stereocenters. The SMILES string of the molecule is CNc1cc(CN(C)Cc2ccccc2Br)ccn1. The smallest absolute Gasteiger partial charge is 0.125 e. The molecule has 3 nitrogen and oxygen atoms in total. The number of nitrogens with zero attached hydrogens (tertiary/aromatic N) is 2. The van der Waals surface area contributed by atoms with Gasteiger partial charge in [0.2, 0.25) is 0 Å². The second-order valence-corrected chi connectivity index (χ2v) is 5.42. The maximum atomic E-state index is 4.23. The Morgan fingerprint density at radius 1 is 1.21 bits per heavy atom. The van der Waals surface area contributed by atoms with Gasteiger partial charge in [-0.3, -0.25) is 4.90 Å². The Morgan fingerprint density at radius 3 is 2.74 bits per heavy atom. The van der Waals surface area contributed by atoms with E-state index in [-0.39, 0.29) is 0 Å². The lowest BCUT2D eigenvalue weighted by Gasteiger charge is -2.18. The van der Waals surface area contributed by atoms with Crippen molar-refractivity contribution in [2.75, 3.05) is 19.4 Å². The molecule has 0 saturated carbocycles. The van der Waals surface area contributed by atoms with Crippen molar-refractivity contribution in [3.05, 3.63) is 58.2 Å². The molecule has 0 amide bonds. The van der Waals surface area contributed by atoms with Crippen molar-refractivity contribution in [1.82, 2.24) is 9.88 Å². The van der Waals surface area contributed by atoms with Gasteiger partial charge in [0, 0.05) is 30.8 Å². The highest BCUT2D eigenvalue weighted by Gasteiger charge is 2.05. The Labute approximate surface area is 122 Å². The largest absolute Gasteiger partial charge is 0.373 e. The Morgan fingerprint density at radius 2 is 2.00 bits per heavy atom. The summed E-state index contributed by atoms with van der Waals surface area (Å²) in [5.74, 6) is 0.909. The van der Waals surface area contributed by atoms with E-state index in [4.69, 9.17) is 0 Å². The van der Waals surface area contributed by atoms with E-state index in [2.05, 4.69) is 68.5 Å². The van der Waals surface area contributed by atoms with Crippen LogP contribution in [0.4, 0.5) is 5.82 Å². The molecule has 19 heavy (non-hydrogen) atoms. The second-order valence-electron chi connectivity index (χ2n) is 4.56. The normalized spacial score (nSPS) is 10.7. The van der Waals surface area contributed by atoms with Gasteiger partial charge in [0.1, 0.15) is 5.82 Å². The summed E-state index contributed by atoms with van der Waals surface area (Å²) in [6.45, 7) is 1.82. The van der Waals surface area contributed by atoms with Gasteiger partial charge in [0.25, 0.3) is 0 Å². The van der Waals surface area contributed by atoms with Crippen LogP contribution in [-0.4, -0.2) is 24.0 Å². The molecule has 0 radical (unpaired) electrons. The number of anilines is 1. The fraction of sp³-hybridized carbons (Fsp3) is 0.267. The summed E-state index contributed by atoms with van der Waals surface area (Å²) in [6, 6.07) is 12.5. The first-order valence-electron chi connectivity index (χ1n) is 6.23. The molecule has 1 aromatic heterocycles. The molecule has 0 bridgehead atoms. The summed E-state index contributed by atoms with van der Waals surface area (Å²) in [7, 11) is 4.01. The average molecular weight is 320 g/mol. The topological polar surface area (TPSA) is 28.2 Å². The molecule has 1 heterocycles. The minimum atomic E-state index is 0.901. The van der Waals surface area contributed by atoms with Crippen LogP contribution in [0.5, 0.6) is 0 Å². The Kier molecular flexibility index (Phi) is 4.93. The molecule has 0 saturated heterocycles. The minimum Gasteiger partial charge on any atom is -0.373 e. The standard InChI is InChI=1S/C15H18BrN3/c1-17-15-9-12(7-8-18-15)10-19(2)11-13-5-3-4-6-14(13)16/h3-9H,10-11H2,1-2H3,(H,17,18). The van der Waals surface area contributed by atoms with Crippen LogP contribution in [0.25, 0.3) is 0 Å². The Balaban J connectivity index is 2.01. The minimum absolute atomic E-state index is 0.901. The van der Waals surface area contributed by atoms with E-state index < -0.39 is 0 Å². The van der Waals surface area contributed by atoms with E-state index in [1.165, 1.54) is 11.1 Å². The van der Waals surface area contributed by atoms with Crippen molar-refractivity contribution >= 4 is 21.7 Å². The van der Waals surface area contributed by atoms with Gasteiger partial charge in [0.15, 0.2) is 0 Å². The fourth-order valence-corrected chi connectivity index (χ4v) is 2.40. The zero-order valence-corrected chi connectivity index (χ0v) is 12.8. The van der Waals surface area contributed by atoms with Gasteiger partial charge in [-0.25, -0.2) is 4.98 Å². The van der Waals surface area contributed by atoms with Crippen molar-refractivity contribution in [1.29, 1.82) is 0 Å². The average Bonchev–Trinajstić information content (AvgIpc) is 2.41. The predicted octanol–water partition coefficient (Wildman–Crippen LogP) is 3.52. The Hall–Kier alpha value is -1.39. The molecule has 0 unspecified atom stereocenters. The van der Waals surface area contributed by atoms with Crippen LogP contribution < -0.4 is 5.32 Å². The monoisotopic (exact) mass is 319 g/mol. The molecule has 0 aliphatic carbocycles. The number of pyridine rings is 1. The van der Waals surface area contributed by atoms with Gasteiger partial charge < -0.3 is 5.32 Å². The van der Waals surface area contributed by atoms with Crippen molar-refractivity contribution in [3.8, 4) is 0 Å². The Bertz CT molecular complexity index is 542. The van der Waals surface area contributed by atoms with Crippen LogP contribution in [-0.2, 0) is 13.1 Å². The van der Waals surface area contributed by atoms with E-state index in [0.29, 0.717) is 0 Å². The maximum Gasteiger partial charge on any atom is 0.125 e. The molecule has 0 fully saturated rings. The van der Waals surface area contributed by atoms with Crippen LogP contribution in [0.3, 0.4) is 0 Å². The fourth-order valence-electron chi connectivity index (χ4n) is 1.99. The highest BCUT2D eigenvalue weighted by atomic mass is 79.9. The number of benzene rings is 1. The third-order valence-corrected chi connectivity index (χ3v) is 3.70. The molecule has 2 rings (SSSR count). The molecule has 2 aromatic rings. The quantitative estimate of drug-likeness (QED) is 0.914.